The lowest BCUT2D eigenvalue weighted by molar-refractivity contribution is -0.184. The van der Waals surface area contributed by atoms with Crippen LogP contribution in [-0.4, -0.2) is 44.7 Å². The fraction of sp³-hybridized carbons (Fsp3) is 0.696. The van der Waals surface area contributed by atoms with E-state index >= 15 is 4.39 Å². The Labute approximate surface area is 188 Å². The minimum absolute atomic E-state index is 0.00637. The Bertz CT molecular complexity index is 878. The molecular weight excluding hydrogens is 423 g/mol. The van der Waals surface area contributed by atoms with Crippen molar-refractivity contribution in [3.05, 3.63) is 28.3 Å². The number of carboxylic acid groups (broad SMARTS) is 2. The van der Waals surface area contributed by atoms with E-state index in [4.69, 9.17) is 11.6 Å². The van der Waals surface area contributed by atoms with Crippen LogP contribution >= 0.6 is 11.6 Å². The number of halogens is 2. The van der Waals surface area contributed by atoms with Crippen molar-refractivity contribution in [3.63, 3.8) is 0 Å². The van der Waals surface area contributed by atoms with Crippen molar-refractivity contribution in [3.8, 4) is 0 Å². The molecule has 8 heteroatoms. The standard InChI is InChI=1S/C23H34ClFN2O4/c1-12-9-16(24)26-14(17(12)25)10-23(19(28)29)15(21(3,4)5)11-27(20(30)31)13(2)18(23)22(6,7)8/h9,13,15,18H,10-11H2,1-8H3,(H,28,29)(H,30,31)/t13-,15?,18?,23-/m1/s1. The van der Waals surface area contributed by atoms with E-state index in [0.717, 1.165) is 0 Å². The number of amides is 1. The van der Waals surface area contributed by atoms with E-state index < -0.39 is 52.0 Å². The van der Waals surface area contributed by atoms with Gasteiger partial charge in [-0.25, -0.2) is 14.2 Å². The van der Waals surface area contributed by atoms with Crippen molar-refractivity contribution < 1.29 is 24.2 Å². The number of aliphatic carboxylic acids is 1. The Hall–Kier alpha value is -1.89. The molecule has 1 aliphatic heterocycles. The molecule has 0 spiro atoms. The second-order valence-corrected chi connectivity index (χ2v) is 11.4. The van der Waals surface area contributed by atoms with Gasteiger partial charge in [-0.1, -0.05) is 53.1 Å². The molecule has 1 aromatic rings. The summed E-state index contributed by atoms with van der Waals surface area (Å²) in [6.45, 7) is 14.8. The van der Waals surface area contributed by atoms with Crippen molar-refractivity contribution in [1.29, 1.82) is 0 Å². The Balaban J connectivity index is 2.88. The van der Waals surface area contributed by atoms with Crippen molar-refractivity contribution >= 4 is 23.7 Å². The Kier molecular flexibility index (Phi) is 6.73. The summed E-state index contributed by atoms with van der Waals surface area (Å²) in [4.78, 5) is 30.7. The number of aryl methyl sites for hydroxylation is 1. The maximum atomic E-state index is 15.1. The normalized spacial score (nSPS) is 27.3. The lowest BCUT2D eigenvalue weighted by Crippen LogP contribution is -2.68. The molecule has 2 heterocycles. The molecule has 1 amide bonds. The van der Waals surface area contributed by atoms with Crippen LogP contribution in [0.2, 0.25) is 5.15 Å². The minimum atomic E-state index is -1.45. The van der Waals surface area contributed by atoms with E-state index in [2.05, 4.69) is 4.98 Å². The predicted octanol–water partition coefficient (Wildman–Crippen LogP) is 5.50. The summed E-state index contributed by atoms with van der Waals surface area (Å²) in [6.07, 6.45) is -1.25. The van der Waals surface area contributed by atoms with E-state index in [-0.39, 0.29) is 23.8 Å². The van der Waals surface area contributed by atoms with Gasteiger partial charge in [-0.15, -0.1) is 0 Å². The molecule has 1 aromatic heterocycles. The van der Waals surface area contributed by atoms with Gasteiger partial charge in [-0.2, -0.15) is 0 Å². The number of rotatable bonds is 3. The van der Waals surface area contributed by atoms with Gasteiger partial charge in [0.25, 0.3) is 0 Å². The highest BCUT2D eigenvalue weighted by Gasteiger charge is 2.64. The molecule has 1 aliphatic rings. The molecule has 4 atom stereocenters. The van der Waals surface area contributed by atoms with E-state index in [9.17, 15) is 19.8 Å². The summed E-state index contributed by atoms with van der Waals surface area (Å²) >= 11 is 6.10. The molecular formula is C23H34ClFN2O4. The van der Waals surface area contributed by atoms with Crippen LogP contribution in [0.4, 0.5) is 9.18 Å². The molecule has 0 radical (unpaired) electrons. The highest BCUT2D eigenvalue weighted by molar-refractivity contribution is 6.29. The van der Waals surface area contributed by atoms with Crippen LogP contribution < -0.4 is 0 Å². The van der Waals surface area contributed by atoms with Gasteiger partial charge in [-0.05, 0) is 42.2 Å². The first kappa shape index (κ1) is 25.4. The molecule has 6 nitrogen and oxygen atoms in total. The molecule has 0 saturated carbocycles. The molecule has 2 rings (SSSR count). The SMILES string of the molecule is Cc1cc(Cl)nc(C[C@@]2(C(=O)O)C(C(C)(C)C)CN(C(=O)O)[C@H](C)C2C(C)(C)C)c1F. The second kappa shape index (κ2) is 8.23. The van der Waals surface area contributed by atoms with Gasteiger partial charge in [0.15, 0.2) is 0 Å². The van der Waals surface area contributed by atoms with Crippen molar-refractivity contribution in [2.75, 3.05) is 6.54 Å². The van der Waals surface area contributed by atoms with E-state index in [1.54, 1.807) is 13.8 Å². The molecule has 2 N–H and O–H groups in total. The first-order valence-electron chi connectivity index (χ1n) is 10.5. The van der Waals surface area contributed by atoms with Gasteiger partial charge >= 0.3 is 12.1 Å². The van der Waals surface area contributed by atoms with Crippen LogP contribution in [0.25, 0.3) is 0 Å². The van der Waals surface area contributed by atoms with Crippen LogP contribution in [-0.2, 0) is 11.2 Å². The topological polar surface area (TPSA) is 90.7 Å². The fourth-order valence-corrected chi connectivity index (χ4v) is 6.08. The highest BCUT2D eigenvalue weighted by Crippen LogP contribution is 2.58. The molecule has 1 fully saturated rings. The summed E-state index contributed by atoms with van der Waals surface area (Å²) in [5, 5.41) is 20.7. The summed E-state index contributed by atoms with van der Waals surface area (Å²) in [5.74, 6) is -2.83. The van der Waals surface area contributed by atoms with Crippen LogP contribution in [0, 0.1) is 40.8 Å². The van der Waals surface area contributed by atoms with Crippen molar-refractivity contribution in [2.24, 2.45) is 28.1 Å². The van der Waals surface area contributed by atoms with Gasteiger partial charge in [0.05, 0.1) is 11.1 Å². The Morgan fingerprint density at radius 2 is 1.77 bits per heavy atom. The van der Waals surface area contributed by atoms with Crippen LogP contribution in [0.5, 0.6) is 0 Å². The smallest absolute Gasteiger partial charge is 0.407 e. The number of carboxylic acids is 1. The van der Waals surface area contributed by atoms with Gasteiger partial charge in [-0.3, -0.25) is 4.79 Å². The predicted molar refractivity (Wildman–Crippen MR) is 118 cm³/mol. The second-order valence-electron chi connectivity index (χ2n) is 11.0. The fourth-order valence-electron chi connectivity index (χ4n) is 5.81. The third-order valence-electron chi connectivity index (χ3n) is 6.79. The first-order valence-corrected chi connectivity index (χ1v) is 10.9. The number of piperidine rings is 1. The average molecular weight is 457 g/mol. The number of pyridine rings is 1. The maximum Gasteiger partial charge on any atom is 0.407 e. The van der Waals surface area contributed by atoms with Crippen molar-refractivity contribution in [2.45, 2.75) is 67.9 Å². The zero-order valence-corrected chi connectivity index (χ0v) is 20.3. The zero-order valence-electron chi connectivity index (χ0n) is 19.6. The average Bonchev–Trinajstić information content (AvgIpc) is 2.56. The number of nitrogens with zero attached hydrogens (tertiary/aromatic N) is 2. The molecule has 31 heavy (non-hydrogen) atoms. The summed E-state index contributed by atoms with van der Waals surface area (Å²) in [7, 11) is 0. The van der Waals surface area contributed by atoms with Gasteiger partial charge in [0, 0.05) is 24.9 Å². The molecule has 0 bridgehead atoms. The lowest BCUT2D eigenvalue weighted by atomic mass is 9.48. The lowest BCUT2D eigenvalue weighted by Gasteiger charge is -2.60. The third kappa shape index (κ3) is 4.52. The molecule has 0 aromatic carbocycles. The zero-order chi connectivity index (χ0) is 24.1. The highest BCUT2D eigenvalue weighted by atomic mass is 35.5. The number of likely N-dealkylation sites (tertiary alicyclic amines) is 1. The molecule has 174 valence electrons. The number of hydrogen-bond acceptors (Lipinski definition) is 3. The summed E-state index contributed by atoms with van der Waals surface area (Å²) in [5.41, 5.74) is -2.30. The number of hydrogen-bond donors (Lipinski definition) is 2. The van der Waals surface area contributed by atoms with E-state index in [1.165, 1.54) is 11.0 Å². The van der Waals surface area contributed by atoms with Crippen LogP contribution in [0.3, 0.4) is 0 Å². The van der Waals surface area contributed by atoms with Crippen molar-refractivity contribution in [1.82, 2.24) is 9.88 Å². The first-order chi connectivity index (χ1) is 13.9. The van der Waals surface area contributed by atoms with Gasteiger partial charge in [0.2, 0.25) is 0 Å². The van der Waals surface area contributed by atoms with Crippen LogP contribution in [0.15, 0.2) is 6.07 Å². The largest absolute Gasteiger partial charge is 0.481 e. The quantitative estimate of drug-likeness (QED) is 0.586. The summed E-state index contributed by atoms with van der Waals surface area (Å²) < 4.78 is 15.1. The Morgan fingerprint density at radius 3 is 2.19 bits per heavy atom. The van der Waals surface area contributed by atoms with E-state index in [1.807, 2.05) is 41.5 Å². The Morgan fingerprint density at radius 1 is 1.23 bits per heavy atom. The maximum absolute atomic E-state index is 15.1. The molecule has 1 saturated heterocycles. The van der Waals surface area contributed by atoms with E-state index in [0.29, 0.717) is 5.56 Å². The monoisotopic (exact) mass is 456 g/mol. The number of carbonyl (C=O) groups is 2. The van der Waals surface area contributed by atoms with Gasteiger partial charge in [0.1, 0.15) is 11.0 Å². The third-order valence-corrected chi connectivity index (χ3v) is 6.98. The number of aromatic nitrogens is 1. The van der Waals surface area contributed by atoms with Crippen LogP contribution in [0.1, 0.15) is 59.7 Å². The molecule has 2 unspecified atom stereocenters. The summed E-state index contributed by atoms with van der Waals surface area (Å²) in [6, 6.07) is 0.821. The van der Waals surface area contributed by atoms with Gasteiger partial charge < -0.3 is 15.1 Å². The minimum Gasteiger partial charge on any atom is -0.481 e. The molecule has 0 aliphatic carbocycles.